The molecule has 3 heterocycles. The van der Waals surface area contributed by atoms with E-state index in [1.807, 2.05) is 19.1 Å². The fourth-order valence-electron chi connectivity index (χ4n) is 2.46. The first kappa shape index (κ1) is 13.8. The van der Waals surface area contributed by atoms with Gasteiger partial charge in [0.15, 0.2) is 0 Å². The average molecular weight is 292 g/mol. The van der Waals surface area contributed by atoms with Crippen LogP contribution in [0.25, 0.3) is 16.7 Å². The number of hydrogen-bond acceptors (Lipinski definition) is 4. The third kappa shape index (κ3) is 1.91. The van der Waals surface area contributed by atoms with E-state index in [-0.39, 0.29) is 16.9 Å². The van der Waals surface area contributed by atoms with E-state index in [1.165, 1.54) is 10.5 Å². The van der Waals surface area contributed by atoms with Crippen LogP contribution in [0, 0.1) is 18.3 Å². The predicted molar refractivity (Wildman–Crippen MR) is 83.2 cm³/mol. The van der Waals surface area contributed by atoms with E-state index in [0.29, 0.717) is 23.2 Å². The number of nitrogens with two attached hydrogens (primary N) is 1. The number of fused-ring (bicyclic) bond motifs is 2. The summed E-state index contributed by atoms with van der Waals surface area (Å²) in [4.78, 5) is 17.2. The molecule has 0 aliphatic heterocycles. The molecule has 0 radical (unpaired) electrons. The van der Waals surface area contributed by atoms with Crippen molar-refractivity contribution in [2.45, 2.75) is 13.5 Å². The molecule has 2 N–H and O–H groups in total. The van der Waals surface area contributed by atoms with Crippen molar-refractivity contribution in [3.05, 3.63) is 58.5 Å². The first-order valence-electron chi connectivity index (χ1n) is 6.73. The maximum Gasteiger partial charge on any atom is 0.278 e. The summed E-state index contributed by atoms with van der Waals surface area (Å²) >= 11 is 0. The highest BCUT2D eigenvalue weighted by molar-refractivity contribution is 5.76. The molecule has 22 heavy (non-hydrogen) atoms. The van der Waals surface area contributed by atoms with Crippen LogP contribution < -0.4 is 15.9 Å². The van der Waals surface area contributed by atoms with Crippen molar-refractivity contribution in [3.8, 4) is 6.07 Å². The van der Waals surface area contributed by atoms with Crippen LogP contribution in [0.1, 0.15) is 11.1 Å². The van der Waals surface area contributed by atoms with Crippen LogP contribution in [0.5, 0.6) is 0 Å². The minimum absolute atomic E-state index is 0.224. The molecule has 0 aromatic carbocycles. The Balaban J connectivity index is 2.58. The second-order valence-electron chi connectivity index (χ2n) is 5.04. The SMILES string of the molecule is C=CC[n+]1c(N)c(C#N)cc2c(=O)n3cc(C)ccc3nc21. The standard InChI is InChI=1S/C16H13N5O/c1-3-6-20-14(18)11(8-17)7-12-15(20)19-13-5-4-10(2)9-21(13)16(12)22/h3-5,7,9,18H,1,6H2,2H3/p+1. The highest BCUT2D eigenvalue weighted by atomic mass is 16.1. The van der Waals surface area contributed by atoms with E-state index >= 15 is 0 Å². The molecular formula is C16H14N5O+. The number of nitriles is 1. The van der Waals surface area contributed by atoms with E-state index in [9.17, 15) is 10.1 Å². The molecule has 0 atom stereocenters. The van der Waals surface area contributed by atoms with Crippen molar-refractivity contribution in [1.29, 1.82) is 5.26 Å². The zero-order chi connectivity index (χ0) is 15.9. The summed E-state index contributed by atoms with van der Waals surface area (Å²) in [6, 6.07) is 7.18. The molecule has 3 rings (SSSR count). The lowest BCUT2D eigenvalue weighted by atomic mass is 10.2. The Morgan fingerprint density at radius 3 is 3.00 bits per heavy atom. The van der Waals surface area contributed by atoms with Gasteiger partial charge in [-0.25, -0.2) is 4.57 Å². The lowest BCUT2D eigenvalue weighted by molar-refractivity contribution is -0.648. The first-order valence-corrected chi connectivity index (χ1v) is 6.73. The Bertz CT molecular complexity index is 1030. The number of rotatable bonds is 2. The Kier molecular flexibility index (Phi) is 3.11. The number of nitrogen functional groups attached to an aromatic ring is 1. The van der Waals surface area contributed by atoms with Gasteiger partial charge in [0.2, 0.25) is 11.5 Å². The summed E-state index contributed by atoms with van der Waals surface area (Å²) in [5, 5.41) is 9.58. The van der Waals surface area contributed by atoms with Gasteiger partial charge in [-0.3, -0.25) is 9.20 Å². The normalized spacial score (nSPS) is 10.7. The molecule has 108 valence electrons. The van der Waals surface area contributed by atoms with E-state index in [4.69, 9.17) is 5.73 Å². The molecule has 0 unspecified atom stereocenters. The lowest BCUT2D eigenvalue weighted by Gasteiger charge is -2.07. The van der Waals surface area contributed by atoms with E-state index < -0.39 is 0 Å². The second-order valence-corrected chi connectivity index (χ2v) is 5.04. The van der Waals surface area contributed by atoms with Crippen LogP contribution in [0.2, 0.25) is 0 Å². The van der Waals surface area contributed by atoms with Gasteiger partial charge >= 0.3 is 0 Å². The molecule has 0 aliphatic rings. The molecule has 3 aromatic heterocycles. The summed E-state index contributed by atoms with van der Waals surface area (Å²) in [5.41, 5.74) is 7.97. The van der Waals surface area contributed by atoms with Gasteiger partial charge in [0.05, 0.1) is 6.54 Å². The van der Waals surface area contributed by atoms with Gasteiger partial charge in [0.25, 0.3) is 11.2 Å². The zero-order valence-electron chi connectivity index (χ0n) is 12.1. The van der Waals surface area contributed by atoms with Gasteiger partial charge in [-0.1, -0.05) is 23.7 Å². The Morgan fingerprint density at radius 1 is 1.55 bits per heavy atom. The third-order valence-electron chi connectivity index (χ3n) is 3.53. The summed E-state index contributed by atoms with van der Waals surface area (Å²) < 4.78 is 3.11. The fourth-order valence-corrected chi connectivity index (χ4v) is 2.46. The fraction of sp³-hybridized carbons (Fsp3) is 0.125. The molecule has 6 heteroatoms. The van der Waals surface area contributed by atoms with Crippen LogP contribution in [-0.4, -0.2) is 9.38 Å². The number of hydrogen-bond donors (Lipinski definition) is 1. The van der Waals surface area contributed by atoms with Crippen LogP contribution in [-0.2, 0) is 6.54 Å². The second kappa shape index (κ2) is 4.97. The third-order valence-corrected chi connectivity index (χ3v) is 3.53. The average Bonchev–Trinajstić information content (AvgIpc) is 2.51. The Hall–Kier alpha value is -3.20. The molecule has 0 saturated carbocycles. The maximum absolute atomic E-state index is 12.7. The first-order chi connectivity index (χ1) is 10.6. The molecule has 6 nitrogen and oxygen atoms in total. The minimum Gasteiger partial charge on any atom is -0.317 e. The maximum atomic E-state index is 12.7. The van der Waals surface area contributed by atoms with Gasteiger partial charge in [0, 0.05) is 6.20 Å². The molecule has 0 aliphatic carbocycles. The largest absolute Gasteiger partial charge is 0.317 e. The van der Waals surface area contributed by atoms with Crippen LogP contribution in [0.15, 0.2) is 41.8 Å². The molecule has 0 fully saturated rings. The molecule has 0 spiro atoms. The number of aromatic nitrogens is 3. The molecule has 3 aromatic rings. The van der Waals surface area contributed by atoms with E-state index in [2.05, 4.69) is 11.6 Å². The minimum atomic E-state index is -0.224. The quantitative estimate of drug-likeness (QED) is 0.435. The summed E-state index contributed by atoms with van der Waals surface area (Å²) in [6.07, 6.45) is 3.37. The number of allylic oxidation sites excluding steroid dienone is 1. The molecular weight excluding hydrogens is 278 g/mol. The number of pyridine rings is 2. The highest BCUT2D eigenvalue weighted by Gasteiger charge is 2.20. The lowest BCUT2D eigenvalue weighted by Crippen LogP contribution is -2.40. The van der Waals surface area contributed by atoms with Crippen molar-refractivity contribution >= 4 is 22.5 Å². The van der Waals surface area contributed by atoms with E-state index in [0.717, 1.165) is 5.56 Å². The van der Waals surface area contributed by atoms with Gasteiger partial charge in [-0.05, 0) is 24.6 Å². The van der Waals surface area contributed by atoms with Crippen molar-refractivity contribution in [3.63, 3.8) is 0 Å². The van der Waals surface area contributed by atoms with Crippen LogP contribution in [0.3, 0.4) is 0 Å². The van der Waals surface area contributed by atoms with Crippen molar-refractivity contribution in [2.75, 3.05) is 5.73 Å². The monoisotopic (exact) mass is 292 g/mol. The van der Waals surface area contributed by atoms with E-state index in [1.54, 1.807) is 22.9 Å². The van der Waals surface area contributed by atoms with Gasteiger partial charge in [0.1, 0.15) is 17.0 Å². The zero-order valence-corrected chi connectivity index (χ0v) is 12.1. The van der Waals surface area contributed by atoms with Crippen molar-refractivity contribution < 1.29 is 4.57 Å². The number of nitrogens with zero attached hydrogens (tertiary/aromatic N) is 4. The van der Waals surface area contributed by atoms with Gasteiger partial charge in [-0.2, -0.15) is 5.26 Å². The summed E-state index contributed by atoms with van der Waals surface area (Å²) in [6.45, 7) is 5.95. The predicted octanol–water partition coefficient (Wildman–Crippen LogP) is 1.08. The van der Waals surface area contributed by atoms with Gasteiger partial charge in [-0.15, -0.1) is 0 Å². The highest BCUT2D eigenvalue weighted by Crippen LogP contribution is 2.13. The molecule has 0 saturated heterocycles. The van der Waals surface area contributed by atoms with Crippen LogP contribution >= 0.6 is 0 Å². The Morgan fingerprint density at radius 2 is 2.32 bits per heavy atom. The van der Waals surface area contributed by atoms with Crippen molar-refractivity contribution in [1.82, 2.24) is 9.38 Å². The van der Waals surface area contributed by atoms with Crippen molar-refractivity contribution in [2.24, 2.45) is 0 Å². The smallest absolute Gasteiger partial charge is 0.278 e. The molecule has 0 amide bonds. The number of aryl methyl sites for hydroxylation is 1. The Labute approximate surface area is 126 Å². The summed E-state index contributed by atoms with van der Waals surface area (Å²) in [5.74, 6) is 0.276. The molecule has 0 bridgehead atoms. The number of anilines is 1. The van der Waals surface area contributed by atoms with Gasteiger partial charge < -0.3 is 5.73 Å². The topological polar surface area (TPSA) is 88.1 Å². The van der Waals surface area contributed by atoms with Crippen LogP contribution in [0.4, 0.5) is 5.82 Å². The summed E-state index contributed by atoms with van der Waals surface area (Å²) in [7, 11) is 0.